The number of hydrogen-bond acceptors (Lipinski definition) is 5. The number of ether oxygens (including phenoxy) is 2. The smallest absolute Gasteiger partial charge is 0.267 e. The van der Waals surface area contributed by atoms with Gasteiger partial charge in [0.1, 0.15) is 17.2 Å². The maximum absolute atomic E-state index is 12.5. The van der Waals surface area contributed by atoms with Crippen molar-refractivity contribution in [1.29, 1.82) is 0 Å². The van der Waals surface area contributed by atoms with Gasteiger partial charge in [-0.15, -0.1) is 0 Å². The maximum Gasteiger partial charge on any atom is 0.267 e. The van der Waals surface area contributed by atoms with Crippen molar-refractivity contribution in [2.75, 3.05) is 19.1 Å². The third kappa shape index (κ3) is 2.00. The van der Waals surface area contributed by atoms with Gasteiger partial charge in [-0.25, -0.2) is 4.90 Å². The summed E-state index contributed by atoms with van der Waals surface area (Å²) in [5.41, 5.74) is 0.714. The van der Waals surface area contributed by atoms with Crippen molar-refractivity contribution < 1.29 is 19.1 Å². The summed E-state index contributed by atoms with van der Waals surface area (Å²) in [6, 6.07) is 4.57. The number of halogens is 1. The van der Waals surface area contributed by atoms with Crippen molar-refractivity contribution in [3.8, 4) is 11.5 Å². The zero-order valence-corrected chi connectivity index (χ0v) is 12.5. The molecule has 7 heteroatoms. The van der Waals surface area contributed by atoms with E-state index in [1.54, 1.807) is 6.07 Å². The van der Waals surface area contributed by atoms with E-state index in [-0.39, 0.29) is 27.6 Å². The topological polar surface area (TPSA) is 68.7 Å². The number of benzene rings is 1. The summed E-state index contributed by atoms with van der Waals surface area (Å²) >= 11 is 6.22. The Hall–Kier alpha value is -2.60. The molecule has 0 saturated carbocycles. The first-order valence-corrected chi connectivity index (χ1v) is 6.70. The van der Waals surface area contributed by atoms with E-state index in [1.165, 1.54) is 38.7 Å². The highest BCUT2D eigenvalue weighted by atomic mass is 35.5. The minimum Gasteiger partial charge on any atom is -0.497 e. The zero-order valence-electron chi connectivity index (χ0n) is 11.8. The van der Waals surface area contributed by atoms with Crippen molar-refractivity contribution in [3.63, 3.8) is 0 Å². The number of imide groups is 1. The molecule has 2 amide bonds. The molecule has 22 heavy (non-hydrogen) atoms. The molecule has 0 aliphatic carbocycles. The lowest BCUT2D eigenvalue weighted by molar-refractivity contribution is 0.0925. The molecule has 1 aromatic carbocycles. The molecule has 0 saturated heterocycles. The molecule has 1 aromatic heterocycles. The summed E-state index contributed by atoms with van der Waals surface area (Å²) < 4.78 is 10.4. The van der Waals surface area contributed by atoms with Crippen LogP contribution in [-0.2, 0) is 0 Å². The van der Waals surface area contributed by atoms with Gasteiger partial charge in [0.15, 0.2) is 0 Å². The molecule has 112 valence electrons. The van der Waals surface area contributed by atoms with Crippen LogP contribution in [0.25, 0.3) is 0 Å². The molecule has 6 nitrogen and oxygen atoms in total. The number of amides is 2. The Bertz CT molecular complexity index is 756. The summed E-state index contributed by atoms with van der Waals surface area (Å²) in [4.78, 5) is 29.9. The number of carbonyl (C=O) groups is 2. The lowest BCUT2D eigenvalue weighted by atomic mass is 10.2. The number of fused-ring (bicyclic) bond motifs is 1. The summed E-state index contributed by atoms with van der Waals surface area (Å²) in [6.07, 6.45) is 2.82. The molecule has 0 atom stereocenters. The minimum absolute atomic E-state index is 0.179. The second kappa shape index (κ2) is 5.31. The van der Waals surface area contributed by atoms with E-state index in [1.807, 2.05) is 0 Å². The fourth-order valence-corrected chi connectivity index (χ4v) is 2.61. The van der Waals surface area contributed by atoms with Crippen molar-refractivity contribution >= 4 is 29.1 Å². The molecular weight excluding hydrogens is 308 g/mol. The van der Waals surface area contributed by atoms with E-state index >= 15 is 0 Å². The largest absolute Gasteiger partial charge is 0.497 e. The molecule has 0 bridgehead atoms. The molecule has 2 heterocycles. The van der Waals surface area contributed by atoms with Crippen molar-refractivity contribution in [2.45, 2.75) is 0 Å². The molecule has 0 radical (unpaired) electrons. The SMILES string of the molecule is COc1cc(Cl)c(N2C(=O)c3ccncc3C2=O)c(OC)c1. The van der Waals surface area contributed by atoms with Crippen LogP contribution in [0.3, 0.4) is 0 Å². The van der Waals surface area contributed by atoms with Gasteiger partial charge in [-0.1, -0.05) is 11.6 Å². The fourth-order valence-electron chi connectivity index (χ4n) is 2.33. The number of hydrogen-bond donors (Lipinski definition) is 0. The van der Waals surface area contributed by atoms with Crippen LogP contribution in [0.1, 0.15) is 20.7 Å². The number of methoxy groups -OCH3 is 2. The predicted octanol–water partition coefficient (Wildman–Crippen LogP) is 2.55. The van der Waals surface area contributed by atoms with E-state index < -0.39 is 11.8 Å². The van der Waals surface area contributed by atoms with Crippen molar-refractivity contribution in [1.82, 2.24) is 4.98 Å². The second-order valence-corrected chi connectivity index (χ2v) is 4.93. The van der Waals surface area contributed by atoms with E-state index in [0.29, 0.717) is 5.75 Å². The molecule has 0 N–H and O–H groups in total. The minimum atomic E-state index is -0.488. The molecule has 1 aliphatic rings. The van der Waals surface area contributed by atoms with E-state index in [0.717, 1.165) is 4.90 Å². The van der Waals surface area contributed by atoms with Crippen LogP contribution in [0.2, 0.25) is 5.02 Å². The van der Waals surface area contributed by atoms with E-state index in [9.17, 15) is 9.59 Å². The van der Waals surface area contributed by atoms with Crippen LogP contribution in [-0.4, -0.2) is 31.0 Å². The molecule has 0 fully saturated rings. The summed E-state index contributed by atoms with van der Waals surface area (Å²) in [5, 5.41) is 0.179. The van der Waals surface area contributed by atoms with Gasteiger partial charge in [0.2, 0.25) is 0 Å². The fraction of sp³-hybridized carbons (Fsp3) is 0.133. The van der Waals surface area contributed by atoms with Gasteiger partial charge in [0.05, 0.1) is 30.4 Å². The average Bonchev–Trinajstić information content (AvgIpc) is 2.79. The van der Waals surface area contributed by atoms with Crippen LogP contribution in [0.15, 0.2) is 30.6 Å². The Morgan fingerprint density at radius 3 is 2.45 bits per heavy atom. The Labute approximate surface area is 131 Å². The van der Waals surface area contributed by atoms with E-state index in [2.05, 4.69) is 4.98 Å². The Balaban J connectivity index is 2.18. The molecule has 3 rings (SSSR count). The summed E-state index contributed by atoms with van der Waals surface area (Å²) in [6.45, 7) is 0. The highest BCUT2D eigenvalue weighted by Crippen LogP contribution is 2.42. The van der Waals surface area contributed by atoms with Crippen molar-refractivity contribution in [2.24, 2.45) is 0 Å². The van der Waals surface area contributed by atoms with Crippen LogP contribution in [0.4, 0.5) is 5.69 Å². The number of anilines is 1. The number of rotatable bonds is 3. The Morgan fingerprint density at radius 1 is 1.09 bits per heavy atom. The average molecular weight is 319 g/mol. The lowest BCUT2D eigenvalue weighted by Crippen LogP contribution is -2.30. The van der Waals surface area contributed by atoms with Crippen molar-refractivity contribution in [3.05, 3.63) is 46.7 Å². The third-order valence-electron chi connectivity index (χ3n) is 3.37. The van der Waals surface area contributed by atoms with Gasteiger partial charge in [0.25, 0.3) is 11.8 Å². The third-order valence-corrected chi connectivity index (χ3v) is 3.66. The first-order chi connectivity index (χ1) is 10.6. The standard InChI is InChI=1S/C15H11ClN2O4/c1-21-8-5-11(16)13(12(6-8)22-2)18-14(19)9-3-4-17-7-10(9)15(18)20/h3-7H,1-2H3. The molecule has 0 spiro atoms. The first kappa shape index (κ1) is 14.3. The molecular formula is C15H11ClN2O4. The highest BCUT2D eigenvalue weighted by Gasteiger charge is 2.39. The van der Waals surface area contributed by atoms with Crippen LogP contribution < -0.4 is 14.4 Å². The Kier molecular flexibility index (Phi) is 3.46. The normalized spacial score (nSPS) is 13.3. The quantitative estimate of drug-likeness (QED) is 0.813. The number of pyridine rings is 1. The number of nitrogens with zero attached hydrogens (tertiary/aromatic N) is 2. The lowest BCUT2D eigenvalue weighted by Gasteiger charge is -2.19. The van der Waals surface area contributed by atoms with Gasteiger partial charge >= 0.3 is 0 Å². The predicted molar refractivity (Wildman–Crippen MR) is 79.9 cm³/mol. The summed E-state index contributed by atoms with van der Waals surface area (Å²) in [5.74, 6) is -0.220. The van der Waals surface area contributed by atoms with Gasteiger partial charge in [-0.3, -0.25) is 14.6 Å². The van der Waals surface area contributed by atoms with Gasteiger partial charge in [-0.05, 0) is 6.07 Å². The van der Waals surface area contributed by atoms with Crippen LogP contribution in [0, 0.1) is 0 Å². The molecule has 2 aromatic rings. The van der Waals surface area contributed by atoms with E-state index in [4.69, 9.17) is 21.1 Å². The Morgan fingerprint density at radius 2 is 1.82 bits per heavy atom. The number of carbonyl (C=O) groups excluding carboxylic acids is 2. The van der Waals surface area contributed by atoms with Gasteiger partial charge < -0.3 is 9.47 Å². The highest BCUT2D eigenvalue weighted by molar-refractivity contribution is 6.40. The van der Waals surface area contributed by atoms with Gasteiger partial charge in [-0.2, -0.15) is 0 Å². The number of aromatic nitrogens is 1. The maximum atomic E-state index is 12.5. The molecule has 0 unspecified atom stereocenters. The van der Waals surface area contributed by atoms with Crippen LogP contribution >= 0.6 is 11.6 Å². The monoisotopic (exact) mass is 318 g/mol. The van der Waals surface area contributed by atoms with Crippen LogP contribution in [0.5, 0.6) is 11.5 Å². The molecule has 1 aliphatic heterocycles. The second-order valence-electron chi connectivity index (χ2n) is 4.53. The first-order valence-electron chi connectivity index (χ1n) is 6.32. The summed E-state index contributed by atoms with van der Waals surface area (Å²) in [7, 11) is 2.91. The zero-order chi connectivity index (χ0) is 15.9. The van der Waals surface area contributed by atoms with Gasteiger partial charge in [0, 0.05) is 24.5 Å².